The van der Waals surface area contributed by atoms with E-state index >= 15 is 0 Å². The van der Waals surface area contributed by atoms with Crippen molar-refractivity contribution >= 4 is 5.69 Å². The molecule has 0 radical (unpaired) electrons. The summed E-state index contributed by atoms with van der Waals surface area (Å²) < 4.78 is 0. The second-order valence-corrected chi connectivity index (χ2v) is 5.40. The number of hydrogen-bond acceptors (Lipinski definition) is 1. The van der Waals surface area contributed by atoms with Gasteiger partial charge in [-0.25, -0.2) is 0 Å². The largest absolute Gasteiger partial charge is 0.341 e. The summed E-state index contributed by atoms with van der Waals surface area (Å²) in [5.41, 5.74) is 6.84. The van der Waals surface area contributed by atoms with Crippen molar-refractivity contribution in [3.63, 3.8) is 0 Å². The highest BCUT2D eigenvalue weighted by atomic mass is 15.1. The minimum Gasteiger partial charge on any atom is -0.341 e. The maximum absolute atomic E-state index is 4.27. The first-order valence-electron chi connectivity index (χ1n) is 7.39. The summed E-state index contributed by atoms with van der Waals surface area (Å²) in [4.78, 5) is 2.38. The van der Waals surface area contributed by atoms with Crippen molar-refractivity contribution in [1.29, 1.82) is 0 Å². The van der Waals surface area contributed by atoms with Gasteiger partial charge in [0, 0.05) is 17.9 Å². The predicted octanol–water partition coefficient (Wildman–Crippen LogP) is 4.72. The third-order valence-corrected chi connectivity index (χ3v) is 4.18. The fourth-order valence-electron chi connectivity index (χ4n) is 2.94. The molecule has 102 valence electrons. The van der Waals surface area contributed by atoms with Crippen LogP contribution in [0.4, 0.5) is 5.69 Å². The normalized spacial score (nSPS) is 13.9. The van der Waals surface area contributed by atoms with Crippen molar-refractivity contribution in [1.82, 2.24) is 0 Å². The summed E-state index contributed by atoms with van der Waals surface area (Å²) in [6.45, 7) is 7.37. The van der Waals surface area contributed by atoms with Gasteiger partial charge in [-0.1, -0.05) is 56.0 Å². The van der Waals surface area contributed by atoms with Gasteiger partial charge < -0.3 is 4.90 Å². The number of para-hydroxylation sites is 1. The summed E-state index contributed by atoms with van der Waals surface area (Å²) in [5, 5.41) is 0. The molecule has 0 N–H and O–H groups in total. The Bertz CT molecular complexity index is 627. The Hall–Kier alpha value is -2.02. The third-order valence-electron chi connectivity index (χ3n) is 4.18. The van der Waals surface area contributed by atoms with Gasteiger partial charge in [-0.15, -0.1) is 0 Å². The van der Waals surface area contributed by atoms with Crippen molar-refractivity contribution in [2.45, 2.75) is 32.7 Å². The Labute approximate surface area is 121 Å². The first-order chi connectivity index (χ1) is 9.79. The van der Waals surface area contributed by atoms with E-state index in [4.69, 9.17) is 0 Å². The Balaban J connectivity index is 2.08. The van der Waals surface area contributed by atoms with E-state index in [-0.39, 0.29) is 0 Å². The average Bonchev–Trinajstić information content (AvgIpc) is 2.49. The SMILES string of the molecule is C=C(CC)N1Cc2ccccc2CCc2ccccc21. The number of rotatable bonds is 2. The molecule has 2 aromatic carbocycles. The zero-order valence-electron chi connectivity index (χ0n) is 12.1. The lowest BCUT2D eigenvalue weighted by Crippen LogP contribution is -2.24. The van der Waals surface area contributed by atoms with Crippen LogP contribution in [0.2, 0.25) is 0 Å². The van der Waals surface area contributed by atoms with E-state index in [0.29, 0.717) is 0 Å². The maximum atomic E-state index is 4.27. The van der Waals surface area contributed by atoms with E-state index in [1.165, 1.54) is 28.1 Å². The van der Waals surface area contributed by atoms with Crippen LogP contribution >= 0.6 is 0 Å². The maximum Gasteiger partial charge on any atom is 0.0481 e. The quantitative estimate of drug-likeness (QED) is 0.758. The van der Waals surface area contributed by atoms with E-state index in [0.717, 1.165) is 25.8 Å². The fraction of sp³-hybridized carbons (Fsp3) is 0.263. The Morgan fingerprint density at radius 3 is 2.30 bits per heavy atom. The van der Waals surface area contributed by atoms with Crippen molar-refractivity contribution < 1.29 is 0 Å². The molecule has 2 aromatic rings. The van der Waals surface area contributed by atoms with Crippen LogP contribution in [0.3, 0.4) is 0 Å². The monoisotopic (exact) mass is 263 g/mol. The smallest absolute Gasteiger partial charge is 0.0481 e. The van der Waals surface area contributed by atoms with Crippen LogP contribution in [0.25, 0.3) is 0 Å². The topological polar surface area (TPSA) is 3.24 Å². The lowest BCUT2D eigenvalue weighted by molar-refractivity contribution is 0.813. The third kappa shape index (κ3) is 2.36. The fourth-order valence-corrected chi connectivity index (χ4v) is 2.94. The van der Waals surface area contributed by atoms with Gasteiger partial charge in [-0.05, 0) is 42.0 Å². The molecule has 0 fully saturated rings. The van der Waals surface area contributed by atoms with Gasteiger partial charge in [0.25, 0.3) is 0 Å². The van der Waals surface area contributed by atoms with Crippen molar-refractivity contribution in [3.8, 4) is 0 Å². The van der Waals surface area contributed by atoms with Crippen LogP contribution in [-0.2, 0) is 19.4 Å². The van der Waals surface area contributed by atoms with Gasteiger partial charge in [-0.3, -0.25) is 0 Å². The molecule has 0 bridgehead atoms. The van der Waals surface area contributed by atoms with Crippen LogP contribution in [0.5, 0.6) is 0 Å². The van der Waals surface area contributed by atoms with Crippen molar-refractivity contribution in [2.24, 2.45) is 0 Å². The predicted molar refractivity (Wildman–Crippen MR) is 85.9 cm³/mol. The van der Waals surface area contributed by atoms with Gasteiger partial charge in [-0.2, -0.15) is 0 Å². The molecule has 3 rings (SSSR count). The number of benzene rings is 2. The number of allylic oxidation sites excluding steroid dienone is 1. The van der Waals surface area contributed by atoms with E-state index in [2.05, 4.69) is 66.9 Å². The zero-order chi connectivity index (χ0) is 13.9. The summed E-state index contributed by atoms with van der Waals surface area (Å²) >= 11 is 0. The Kier molecular flexibility index (Phi) is 3.60. The lowest BCUT2D eigenvalue weighted by Gasteiger charge is -2.31. The van der Waals surface area contributed by atoms with Crippen molar-refractivity contribution in [2.75, 3.05) is 4.90 Å². The lowest BCUT2D eigenvalue weighted by atomic mass is 9.95. The highest BCUT2D eigenvalue weighted by molar-refractivity contribution is 5.59. The zero-order valence-corrected chi connectivity index (χ0v) is 12.1. The second-order valence-electron chi connectivity index (χ2n) is 5.40. The molecule has 1 aliphatic heterocycles. The van der Waals surface area contributed by atoms with E-state index < -0.39 is 0 Å². The molecular formula is C19H21N. The number of fused-ring (bicyclic) bond motifs is 2. The molecule has 1 aliphatic rings. The second kappa shape index (κ2) is 5.54. The first-order valence-corrected chi connectivity index (χ1v) is 7.39. The molecule has 0 aromatic heterocycles. The average molecular weight is 263 g/mol. The summed E-state index contributed by atoms with van der Waals surface area (Å²) in [6, 6.07) is 17.5. The molecule has 0 atom stereocenters. The molecule has 1 heterocycles. The minimum absolute atomic E-state index is 0.930. The highest BCUT2D eigenvalue weighted by Gasteiger charge is 2.18. The van der Waals surface area contributed by atoms with Crippen LogP contribution < -0.4 is 4.90 Å². The molecule has 0 spiro atoms. The summed E-state index contributed by atoms with van der Waals surface area (Å²) in [6.07, 6.45) is 3.21. The van der Waals surface area contributed by atoms with Gasteiger partial charge in [0.05, 0.1) is 0 Å². The molecular weight excluding hydrogens is 242 g/mol. The standard InChI is InChI=1S/C19H21N/c1-3-15(2)20-14-18-10-5-4-8-16(18)12-13-17-9-6-7-11-19(17)20/h4-11H,2-3,12-14H2,1H3. The molecule has 0 amide bonds. The molecule has 1 heteroatoms. The van der Waals surface area contributed by atoms with E-state index in [9.17, 15) is 0 Å². The molecule has 0 unspecified atom stereocenters. The van der Waals surface area contributed by atoms with Gasteiger partial charge in [0.1, 0.15) is 0 Å². The van der Waals surface area contributed by atoms with Gasteiger partial charge >= 0.3 is 0 Å². The highest BCUT2D eigenvalue weighted by Crippen LogP contribution is 2.31. The molecule has 1 nitrogen and oxygen atoms in total. The number of anilines is 1. The molecule has 0 aliphatic carbocycles. The summed E-state index contributed by atoms with van der Waals surface area (Å²) in [7, 11) is 0. The van der Waals surface area contributed by atoms with Gasteiger partial charge in [0.2, 0.25) is 0 Å². The molecule has 0 saturated carbocycles. The van der Waals surface area contributed by atoms with Crippen LogP contribution in [0.15, 0.2) is 60.8 Å². The number of hydrogen-bond donors (Lipinski definition) is 0. The molecule has 0 saturated heterocycles. The van der Waals surface area contributed by atoms with Crippen LogP contribution in [0, 0.1) is 0 Å². The minimum atomic E-state index is 0.930. The van der Waals surface area contributed by atoms with Gasteiger partial charge in [0.15, 0.2) is 0 Å². The first kappa shape index (κ1) is 13.0. The Morgan fingerprint density at radius 2 is 1.55 bits per heavy atom. The van der Waals surface area contributed by atoms with Crippen molar-refractivity contribution in [3.05, 3.63) is 77.5 Å². The number of aryl methyl sites for hydroxylation is 2. The van der Waals surface area contributed by atoms with E-state index in [1.807, 2.05) is 0 Å². The molecule has 20 heavy (non-hydrogen) atoms. The van der Waals surface area contributed by atoms with E-state index in [1.54, 1.807) is 0 Å². The Morgan fingerprint density at radius 1 is 0.950 bits per heavy atom. The number of nitrogens with zero attached hydrogens (tertiary/aromatic N) is 1. The van der Waals surface area contributed by atoms with Crippen LogP contribution in [0.1, 0.15) is 30.0 Å². The van der Waals surface area contributed by atoms with Crippen LogP contribution in [-0.4, -0.2) is 0 Å². The summed E-state index contributed by atoms with van der Waals surface area (Å²) in [5.74, 6) is 0.